The van der Waals surface area contributed by atoms with E-state index in [-0.39, 0.29) is 5.41 Å². The Bertz CT molecular complexity index is 4910. The molecule has 386 valence electrons. The molecule has 0 saturated heterocycles. The normalized spacial score (nSPS) is 12.6. The van der Waals surface area contributed by atoms with Crippen molar-refractivity contribution in [2.45, 2.75) is 19.3 Å². The summed E-state index contributed by atoms with van der Waals surface area (Å²) in [6.45, 7) is 4.73. The molecule has 0 fully saturated rings. The van der Waals surface area contributed by atoms with E-state index in [0.717, 1.165) is 49.8 Å². The number of aromatic nitrogens is 4. The maximum absolute atomic E-state index is 5.15. The lowest BCUT2D eigenvalue weighted by Crippen LogP contribution is -2.14. The van der Waals surface area contributed by atoms with Crippen LogP contribution in [0.3, 0.4) is 0 Å². The zero-order chi connectivity index (χ0) is 54.5. The van der Waals surface area contributed by atoms with Crippen molar-refractivity contribution in [2.24, 2.45) is 0 Å². The van der Waals surface area contributed by atoms with E-state index in [0.29, 0.717) is 17.5 Å². The molecule has 6 heteroatoms. The molecule has 16 rings (SSSR count). The molecular formula is C76H51N5S. The lowest BCUT2D eigenvalue weighted by Gasteiger charge is -2.25. The molecule has 3 aromatic heterocycles. The second-order valence-electron chi connectivity index (χ2n) is 21.9. The summed E-state index contributed by atoms with van der Waals surface area (Å²) in [7, 11) is 0. The fourth-order valence-corrected chi connectivity index (χ4v) is 13.9. The summed E-state index contributed by atoms with van der Waals surface area (Å²) in [6, 6.07) is 98.9. The van der Waals surface area contributed by atoms with E-state index in [9.17, 15) is 0 Å². The first-order chi connectivity index (χ1) is 40.4. The number of hydrogen-bond donors (Lipinski definition) is 0. The first kappa shape index (κ1) is 47.7. The van der Waals surface area contributed by atoms with Crippen LogP contribution in [-0.4, -0.2) is 19.5 Å². The third-order valence-corrected chi connectivity index (χ3v) is 18.0. The second kappa shape index (κ2) is 18.9. The molecule has 82 heavy (non-hydrogen) atoms. The number of hydrogen-bond acceptors (Lipinski definition) is 5. The smallest absolute Gasteiger partial charge is 0.164 e. The Morgan fingerprint density at radius 1 is 0.329 bits per heavy atom. The van der Waals surface area contributed by atoms with Crippen LogP contribution in [-0.2, 0) is 5.41 Å². The van der Waals surface area contributed by atoms with Crippen LogP contribution in [0.15, 0.2) is 273 Å². The third-order valence-electron chi connectivity index (χ3n) is 16.8. The summed E-state index contributed by atoms with van der Waals surface area (Å²) in [5, 5.41) is 11.1. The monoisotopic (exact) mass is 1070 g/mol. The Kier molecular flexibility index (Phi) is 11.0. The maximum atomic E-state index is 5.15. The van der Waals surface area contributed by atoms with Gasteiger partial charge in [-0.05, 0) is 144 Å². The molecule has 0 aliphatic heterocycles. The molecule has 3 heterocycles. The van der Waals surface area contributed by atoms with Gasteiger partial charge in [-0.25, -0.2) is 15.0 Å². The first-order valence-electron chi connectivity index (χ1n) is 28.0. The average molecular weight is 1070 g/mol. The standard InChI is InChI=1S/C76H51N5S/c1-76(2)67-32-17-16-31-62(67)64-46-66-65-44-52(35-40-69(65)81(70(66)47-68(64)76)55-26-18-25-53(43-55)75-78-73(50-21-8-4-9-22-50)77-74(79-75)51-23-10-5-11-24-51)71-41-42-72(82-71)80(54-36-33-49(34-37-54)48-19-6-3-7-20-48)56-38-39-61-59-29-13-12-27-57(59)58-28-14-15-30-60(58)63(61)45-56/h3-47H,1-2H3. The SMILES string of the molecule is CC1(C)c2ccccc2-c2cc3c4cc(-c5ccc(N(c6ccc(-c7ccccc7)cc6)c6ccc7c8ccccc8c8ccccc8c7c6)s5)ccc4n(-c4cccc(-c5nc(-c6ccccc6)nc(-c6ccccc6)n5)c4)c3cc21. The molecule has 0 spiro atoms. The third kappa shape index (κ3) is 7.78. The predicted octanol–water partition coefficient (Wildman–Crippen LogP) is 20.6. The maximum Gasteiger partial charge on any atom is 0.164 e. The van der Waals surface area contributed by atoms with Gasteiger partial charge in [0.25, 0.3) is 0 Å². The quantitative estimate of drug-likeness (QED) is 0.135. The minimum absolute atomic E-state index is 0.187. The van der Waals surface area contributed by atoms with Crippen molar-refractivity contribution in [1.82, 2.24) is 19.5 Å². The minimum Gasteiger partial charge on any atom is -0.309 e. The van der Waals surface area contributed by atoms with Gasteiger partial charge in [0.1, 0.15) is 5.00 Å². The highest BCUT2D eigenvalue weighted by Gasteiger charge is 2.36. The van der Waals surface area contributed by atoms with Gasteiger partial charge in [0.15, 0.2) is 17.5 Å². The van der Waals surface area contributed by atoms with Gasteiger partial charge in [0.05, 0.1) is 11.0 Å². The van der Waals surface area contributed by atoms with Crippen molar-refractivity contribution < 1.29 is 0 Å². The zero-order valence-corrected chi connectivity index (χ0v) is 45.9. The van der Waals surface area contributed by atoms with Crippen LogP contribution in [0.2, 0.25) is 0 Å². The fraction of sp³-hybridized carbons (Fsp3) is 0.0395. The Morgan fingerprint density at radius 3 is 1.52 bits per heavy atom. The lowest BCUT2D eigenvalue weighted by atomic mass is 9.82. The van der Waals surface area contributed by atoms with Gasteiger partial charge in [-0.15, -0.1) is 11.3 Å². The predicted molar refractivity (Wildman–Crippen MR) is 344 cm³/mol. The van der Waals surface area contributed by atoms with Crippen LogP contribution in [0.25, 0.3) is 127 Å². The van der Waals surface area contributed by atoms with Crippen LogP contribution >= 0.6 is 11.3 Å². The largest absolute Gasteiger partial charge is 0.309 e. The van der Waals surface area contributed by atoms with Crippen molar-refractivity contribution in [3.8, 4) is 72.5 Å². The highest BCUT2D eigenvalue weighted by Crippen LogP contribution is 2.52. The van der Waals surface area contributed by atoms with Crippen LogP contribution in [0, 0.1) is 0 Å². The summed E-state index contributed by atoms with van der Waals surface area (Å²) in [5.74, 6) is 1.89. The molecule has 0 saturated carbocycles. The average Bonchev–Trinajstić information content (AvgIpc) is 4.39. The zero-order valence-electron chi connectivity index (χ0n) is 45.1. The van der Waals surface area contributed by atoms with Crippen LogP contribution in [0.5, 0.6) is 0 Å². The molecular weight excluding hydrogens is 1010 g/mol. The van der Waals surface area contributed by atoms with Gasteiger partial charge in [0.2, 0.25) is 0 Å². The molecule has 15 aromatic rings. The van der Waals surface area contributed by atoms with Crippen molar-refractivity contribution in [3.63, 3.8) is 0 Å². The van der Waals surface area contributed by atoms with Gasteiger partial charge in [-0.1, -0.05) is 214 Å². The molecule has 0 bridgehead atoms. The minimum atomic E-state index is -0.187. The van der Waals surface area contributed by atoms with Crippen LogP contribution in [0.4, 0.5) is 16.4 Å². The van der Waals surface area contributed by atoms with E-state index in [2.05, 4.69) is 260 Å². The molecule has 1 aliphatic rings. The van der Waals surface area contributed by atoms with E-state index in [4.69, 9.17) is 15.0 Å². The van der Waals surface area contributed by atoms with Crippen molar-refractivity contribution in [2.75, 3.05) is 4.90 Å². The number of nitrogens with zero attached hydrogens (tertiary/aromatic N) is 5. The number of thiophene rings is 1. The topological polar surface area (TPSA) is 46.8 Å². The summed E-state index contributed by atoms with van der Waals surface area (Å²) in [5.41, 5.74) is 17.0. The van der Waals surface area contributed by atoms with E-state index in [1.165, 1.54) is 86.9 Å². The van der Waals surface area contributed by atoms with Crippen molar-refractivity contribution in [1.29, 1.82) is 0 Å². The highest BCUT2D eigenvalue weighted by atomic mass is 32.1. The molecule has 0 radical (unpaired) electrons. The van der Waals surface area contributed by atoms with Gasteiger partial charge >= 0.3 is 0 Å². The van der Waals surface area contributed by atoms with Gasteiger partial charge in [-0.3, -0.25) is 0 Å². The van der Waals surface area contributed by atoms with Crippen LogP contribution < -0.4 is 4.90 Å². The van der Waals surface area contributed by atoms with E-state index < -0.39 is 0 Å². The second-order valence-corrected chi connectivity index (χ2v) is 23.0. The molecule has 0 amide bonds. The lowest BCUT2D eigenvalue weighted by molar-refractivity contribution is 0.661. The molecule has 12 aromatic carbocycles. The van der Waals surface area contributed by atoms with Crippen molar-refractivity contribution >= 4 is 81.8 Å². The summed E-state index contributed by atoms with van der Waals surface area (Å²) in [4.78, 5) is 18.9. The van der Waals surface area contributed by atoms with Crippen molar-refractivity contribution in [3.05, 3.63) is 284 Å². The Labute approximate surface area is 479 Å². The Balaban J connectivity index is 0.859. The number of rotatable bonds is 9. The fourth-order valence-electron chi connectivity index (χ4n) is 12.8. The summed E-state index contributed by atoms with van der Waals surface area (Å²) < 4.78 is 2.45. The Morgan fingerprint density at radius 2 is 0.854 bits per heavy atom. The molecule has 5 nitrogen and oxygen atoms in total. The van der Waals surface area contributed by atoms with Gasteiger partial charge in [0, 0.05) is 54.8 Å². The first-order valence-corrected chi connectivity index (χ1v) is 28.8. The number of benzene rings is 12. The summed E-state index contributed by atoms with van der Waals surface area (Å²) >= 11 is 1.82. The molecule has 0 atom stereocenters. The van der Waals surface area contributed by atoms with Gasteiger partial charge < -0.3 is 9.47 Å². The van der Waals surface area contributed by atoms with Crippen LogP contribution in [0.1, 0.15) is 25.0 Å². The molecule has 1 aliphatic carbocycles. The number of fused-ring (bicyclic) bond motifs is 12. The van der Waals surface area contributed by atoms with E-state index >= 15 is 0 Å². The molecule has 0 unspecified atom stereocenters. The van der Waals surface area contributed by atoms with Gasteiger partial charge in [-0.2, -0.15) is 0 Å². The summed E-state index contributed by atoms with van der Waals surface area (Å²) in [6.07, 6.45) is 0. The Hall–Kier alpha value is -10.3. The van der Waals surface area contributed by atoms with E-state index in [1.807, 2.05) is 47.7 Å². The molecule has 0 N–H and O–H groups in total. The number of anilines is 3. The highest BCUT2D eigenvalue weighted by molar-refractivity contribution is 7.19. The van der Waals surface area contributed by atoms with E-state index in [1.54, 1.807) is 0 Å².